The van der Waals surface area contributed by atoms with Crippen molar-refractivity contribution < 1.29 is 9.53 Å². The van der Waals surface area contributed by atoms with E-state index in [2.05, 4.69) is 21.6 Å². The average Bonchev–Trinajstić information content (AvgIpc) is 2.67. The third-order valence-electron chi connectivity index (χ3n) is 5.95. The molecule has 0 aromatic rings. The van der Waals surface area contributed by atoms with E-state index in [-0.39, 0.29) is 0 Å². The number of carbonyl (C=O) groups excluding carboxylic acids is 1. The maximum Gasteiger partial charge on any atom is 0.225 e. The summed E-state index contributed by atoms with van der Waals surface area (Å²) in [5.41, 5.74) is 0. The van der Waals surface area contributed by atoms with Crippen LogP contribution in [0.3, 0.4) is 0 Å². The van der Waals surface area contributed by atoms with E-state index in [1.807, 2.05) is 13.8 Å². The normalized spacial score (nSPS) is 27.4. The molecule has 0 aromatic carbocycles. The SMILES string of the molecule is CC.CCCOCCN1CCN(C2CC(C(=O)N3CCCCC3)C2)CC1. The van der Waals surface area contributed by atoms with Crippen LogP contribution >= 0.6 is 0 Å². The summed E-state index contributed by atoms with van der Waals surface area (Å²) >= 11 is 0. The molecule has 3 rings (SSSR count). The number of ether oxygens (including phenoxy) is 1. The van der Waals surface area contributed by atoms with Gasteiger partial charge in [0.15, 0.2) is 0 Å². The van der Waals surface area contributed by atoms with Gasteiger partial charge in [0.1, 0.15) is 0 Å². The number of likely N-dealkylation sites (tertiary alicyclic amines) is 1. The van der Waals surface area contributed by atoms with E-state index in [0.717, 1.165) is 78.3 Å². The first-order valence-electron chi connectivity index (χ1n) is 11.1. The van der Waals surface area contributed by atoms with Crippen LogP contribution in [0.4, 0.5) is 0 Å². The third kappa shape index (κ3) is 6.21. The predicted octanol–water partition coefficient (Wildman–Crippen LogP) is 2.85. The number of piperidine rings is 1. The van der Waals surface area contributed by atoms with Crippen molar-refractivity contribution in [2.45, 2.75) is 65.3 Å². The number of nitrogens with zero attached hydrogens (tertiary/aromatic N) is 3. The summed E-state index contributed by atoms with van der Waals surface area (Å²) in [5, 5.41) is 0. The molecular weight excluding hydrogens is 326 g/mol. The highest BCUT2D eigenvalue weighted by atomic mass is 16.5. The van der Waals surface area contributed by atoms with Crippen LogP contribution in [0.2, 0.25) is 0 Å². The Morgan fingerprint density at radius 2 is 1.58 bits per heavy atom. The maximum absolute atomic E-state index is 12.5. The second-order valence-electron chi connectivity index (χ2n) is 7.70. The molecule has 0 spiro atoms. The molecule has 2 aliphatic heterocycles. The smallest absolute Gasteiger partial charge is 0.225 e. The van der Waals surface area contributed by atoms with E-state index in [4.69, 9.17) is 4.74 Å². The van der Waals surface area contributed by atoms with Crippen LogP contribution in [0, 0.1) is 5.92 Å². The quantitative estimate of drug-likeness (QED) is 0.648. The lowest BCUT2D eigenvalue weighted by atomic mass is 9.78. The molecule has 1 aliphatic carbocycles. The molecule has 5 nitrogen and oxygen atoms in total. The Hall–Kier alpha value is -0.650. The van der Waals surface area contributed by atoms with Gasteiger partial charge in [-0.25, -0.2) is 0 Å². The zero-order valence-corrected chi connectivity index (χ0v) is 17.4. The molecule has 26 heavy (non-hydrogen) atoms. The molecule has 0 unspecified atom stereocenters. The van der Waals surface area contributed by atoms with Gasteiger partial charge < -0.3 is 9.64 Å². The van der Waals surface area contributed by atoms with Gasteiger partial charge in [-0.1, -0.05) is 20.8 Å². The van der Waals surface area contributed by atoms with Gasteiger partial charge in [-0.3, -0.25) is 14.6 Å². The Bertz CT molecular complexity index is 385. The maximum atomic E-state index is 12.5. The summed E-state index contributed by atoms with van der Waals surface area (Å²) < 4.78 is 5.59. The van der Waals surface area contributed by atoms with Crippen molar-refractivity contribution in [3.05, 3.63) is 0 Å². The topological polar surface area (TPSA) is 36.0 Å². The van der Waals surface area contributed by atoms with E-state index in [0.29, 0.717) is 17.9 Å². The Labute approximate surface area is 161 Å². The predicted molar refractivity (Wildman–Crippen MR) is 107 cm³/mol. The van der Waals surface area contributed by atoms with Gasteiger partial charge in [-0.2, -0.15) is 0 Å². The Morgan fingerprint density at radius 1 is 0.923 bits per heavy atom. The fourth-order valence-corrected chi connectivity index (χ4v) is 4.25. The van der Waals surface area contributed by atoms with Crippen molar-refractivity contribution >= 4 is 5.91 Å². The monoisotopic (exact) mass is 367 g/mol. The van der Waals surface area contributed by atoms with Crippen LogP contribution in [-0.4, -0.2) is 85.7 Å². The molecule has 0 radical (unpaired) electrons. The van der Waals surface area contributed by atoms with E-state index in [9.17, 15) is 4.79 Å². The molecule has 5 heteroatoms. The van der Waals surface area contributed by atoms with Crippen molar-refractivity contribution in [1.82, 2.24) is 14.7 Å². The highest BCUT2D eigenvalue weighted by Gasteiger charge is 2.40. The van der Waals surface area contributed by atoms with Gasteiger partial charge in [-0.15, -0.1) is 0 Å². The first-order valence-corrected chi connectivity index (χ1v) is 11.1. The van der Waals surface area contributed by atoms with E-state index < -0.39 is 0 Å². The van der Waals surface area contributed by atoms with Crippen molar-refractivity contribution in [2.75, 3.05) is 59.0 Å². The highest BCUT2D eigenvalue weighted by molar-refractivity contribution is 5.80. The standard InChI is InChI=1S/C19H35N3O2.C2H6/c1-2-13-24-14-12-20-8-10-21(11-9-20)18-15-17(16-18)19(23)22-6-4-3-5-7-22;1-2/h17-18H,2-16H2,1H3;1-2H3. The molecular formula is C21H41N3O2. The molecule has 0 aromatic heterocycles. The van der Waals surface area contributed by atoms with Gasteiger partial charge in [0, 0.05) is 64.4 Å². The third-order valence-corrected chi connectivity index (χ3v) is 5.95. The van der Waals surface area contributed by atoms with Crippen molar-refractivity contribution in [1.29, 1.82) is 0 Å². The second kappa shape index (κ2) is 11.9. The van der Waals surface area contributed by atoms with Crippen LogP contribution in [0.15, 0.2) is 0 Å². The van der Waals surface area contributed by atoms with Gasteiger partial charge in [0.2, 0.25) is 5.91 Å². The number of hydrogen-bond acceptors (Lipinski definition) is 4. The molecule has 0 atom stereocenters. The fourth-order valence-electron chi connectivity index (χ4n) is 4.25. The molecule has 3 fully saturated rings. The van der Waals surface area contributed by atoms with Gasteiger partial charge in [0.05, 0.1) is 6.61 Å². The van der Waals surface area contributed by atoms with Gasteiger partial charge in [0.25, 0.3) is 0 Å². The van der Waals surface area contributed by atoms with Gasteiger partial charge in [-0.05, 0) is 38.5 Å². The zero-order valence-electron chi connectivity index (χ0n) is 17.4. The van der Waals surface area contributed by atoms with E-state index in [1.54, 1.807) is 0 Å². The first kappa shape index (κ1) is 21.6. The lowest BCUT2D eigenvalue weighted by molar-refractivity contribution is -0.142. The minimum Gasteiger partial charge on any atom is -0.380 e. The Kier molecular flexibility index (Phi) is 9.94. The van der Waals surface area contributed by atoms with Crippen molar-refractivity contribution in [3.63, 3.8) is 0 Å². The molecule has 2 heterocycles. The fraction of sp³-hybridized carbons (Fsp3) is 0.952. The zero-order chi connectivity index (χ0) is 18.8. The summed E-state index contributed by atoms with van der Waals surface area (Å²) in [7, 11) is 0. The Balaban J connectivity index is 0.00000117. The Morgan fingerprint density at radius 3 is 2.19 bits per heavy atom. The lowest BCUT2D eigenvalue weighted by Crippen LogP contribution is -2.56. The number of amides is 1. The number of hydrogen-bond donors (Lipinski definition) is 0. The summed E-state index contributed by atoms with van der Waals surface area (Å²) in [5.74, 6) is 0.756. The van der Waals surface area contributed by atoms with Crippen LogP contribution in [0.25, 0.3) is 0 Å². The molecule has 0 N–H and O–H groups in total. The molecule has 2 saturated heterocycles. The van der Waals surface area contributed by atoms with E-state index in [1.165, 1.54) is 19.3 Å². The minimum atomic E-state index is 0.313. The average molecular weight is 368 g/mol. The lowest BCUT2D eigenvalue weighted by Gasteiger charge is -2.47. The van der Waals surface area contributed by atoms with Crippen LogP contribution in [0.1, 0.15) is 59.3 Å². The summed E-state index contributed by atoms with van der Waals surface area (Å²) in [6.45, 7) is 15.6. The van der Waals surface area contributed by atoms with Crippen molar-refractivity contribution in [2.24, 2.45) is 5.92 Å². The largest absolute Gasteiger partial charge is 0.380 e. The molecule has 1 amide bonds. The molecule has 0 bridgehead atoms. The minimum absolute atomic E-state index is 0.313. The number of piperazine rings is 1. The summed E-state index contributed by atoms with van der Waals surface area (Å²) in [6.07, 6.45) is 6.99. The van der Waals surface area contributed by atoms with Crippen LogP contribution in [0.5, 0.6) is 0 Å². The molecule has 152 valence electrons. The van der Waals surface area contributed by atoms with Crippen LogP contribution in [-0.2, 0) is 9.53 Å². The summed E-state index contributed by atoms with van der Waals surface area (Å²) in [4.78, 5) is 19.8. The van der Waals surface area contributed by atoms with E-state index >= 15 is 0 Å². The molecule has 1 saturated carbocycles. The number of rotatable bonds is 7. The summed E-state index contributed by atoms with van der Waals surface area (Å²) in [6, 6.07) is 0.655. The number of carbonyl (C=O) groups is 1. The highest BCUT2D eigenvalue weighted by Crippen LogP contribution is 2.34. The van der Waals surface area contributed by atoms with Crippen LogP contribution < -0.4 is 0 Å². The van der Waals surface area contributed by atoms with Crippen molar-refractivity contribution in [3.8, 4) is 0 Å². The second-order valence-corrected chi connectivity index (χ2v) is 7.70. The van der Waals surface area contributed by atoms with Gasteiger partial charge >= 0.3 is 0 Å². The molecule has 3 aliphatic rings. The first-order chi connectivity index (χ1) is 12.8.